The summed E-state index contributed by atoms with van der Waals surface area (Å²) in [5, 5.41) is 9.18. The predicted octanol–water partition coefficient (Wildman–Crippen LogP) is 2.32. The van der Waals surface area contributed by atoms with E-state index in [0.29, 0.717) is 0 Å². The third-order valence-electron chi connectivity index (χ3n) is 2.92. The zero-order valence-electron chi connectivity index (χ0n) is 9.26. The van der Waals surface area contributed by atoms with Crippen LogP contribution in [0.1, 0.15) is 12.8 Å². The van der Waals surface area contributed by atoms with E-state index in [1.54, 1.807) is 36.2 Å². The molecule has 1 aliphatic carbocycles. The van der Waals surface area contributed by atoms with Gasteiger partial charge in [-0.3, -0.25) is 4.79 Å². The lowest BCUT2D eigenvalue weighted by Crippen LogP contribution is -2.31. The largest absolute Gasteiger partial charge is 0.508 e. The number of carbonyl (C=O) groups is 1. The molecule has 0 unspecified atom stereocenters. The van der Waals surface area contributed by atoms with Crippen LogP contribution in [0, 0.1) is 5.92 Å². The summed E-state index contributed by atoms with van der Waals surface area (Å²) in [7, 11) is 1.77. The van der Waals surface area contributed by atoms with Gasteiger partial charge in [-0.05, 0) is 37.1 Å². The monoisotopic (exact) mass is 217 g/mol. The Kier molecular flexibility index (Phi) is 2.95. The van der Waals surface area contributed by atoms with Gasteiger partial charge in [0, 0.05) is 18.7 Å². The van der Waals surface area contributed by atoms with Crippen molar-refractivity contribution >= 4 is 11.6 Å². The molecule has 16 heavy (non-hydrogen) atoms. The molecule has 3 nitrogen and oxygen atoms in total. The molecule has 0 radical (unpaired) electrons. The molecule has 1 aromatic rings. The van der Waals surface area contributed by atoms with E-state index < -0.39 is 0 Å². The number of hydrogen-bond donors (Lipinski definition) is 1. The quantitative estimate of drug-likeness (QED) is 0.772. The fourth-order valence-electron chi connectivity index (χ4n) is 1.90. The molecule has 0 aliphatic heterocycles. The summed E-state index contributed by atoms with van der Waals surface area (Å²) in [6, 6.07) is 6.67. The highest BCUT2D eigenvalue weighted by atomic mass is 16.3. The summed E-state index contributed by atoms with van der Waals surface area (Å²) >= 11 is 0. The standard InChI is InChI=1S/C13H15NO2/c1-14(11-6-8-12(15)9-7-11)13(16)10-4-2-3-5-10/h2-3,6-10,15H,4-5H2,1H3. The van der Waals surface area contributed by atoms with E-state index in [2.05, 4.69) is 0 Å². The van der Waals surface area contributed by atoms with Gasteiger partial charge in [0.05, 0.1) is 0 Å². The van der Waals surface area contributed by atoms with Crippen LogP contribution in [0.25, 0.3) is 0 Å². The minimum Gasteiger partial charge on any atom is -0.508 e. The lowest BCUT2D eigenvalue weighted by molar-refractivity contribution is -0.121. The van der Waals surface area contributed by atoms with Crippen molar-refractivity contribution in [3.05, 3.63) is 36.4 Å². The van der Waals surface area contributed by atoms with Crippen molar-refractivity contribution in [3.63, 3.8) is 0 Å². The van der Waals surface area contributed by atoms with Crippen LogP contribution in [-0.2, 0) is 4.79 Å². The summed E-state index contributed by atoms with van der Waals surface area (Å²) in [5.74, 6) is 0.432. The summed E-state index contributed by atoms with van der Waals surface area (Å²) in [6.45, 7) is 0. The number of hydrogen-bond acceptors (Lipinski definition) is 2. The molecular formula is C13H15NO2. The lowest BCUT2D eigenvalue weighted by Gasteiger charge is -2.21. The minimum absolute atomic E-state index is 0.0822. The first-order valence-electron chi connectivity index (χ1n) is 5.40. The van der Waals surface area contributed by atoms with Crippen molar-refractivity contribution in [3.8, 4) is 5.75 Å². The lowest BCUT2D eigenvalue weighted by atomic mass is 10.1. The number of carbonyl (C=O) groups excluding carboxylic acids is 1. The van der Waals surface area contributed by atoms with Gasteiger partial charge in [0.15, 0.2) is 0 Å². The summed E-state index contributed by atoms with van der Waals surface area (Å²) in [4.78, 5) is 13.7. The Morgan fingerprint density at radius 3 is 2.38 bits per heavy atom. The number of aromatic hydroxyl groups is 1. The number of phenols is 1. The molecule has 0 spiro atoms. The Bertz CT molecular complexity index is 400. The molecule has 0 saturated carbocycles. The zero-order chi connectivity index (χ0) is 11.5. The molecule has 0 heterocycles. The number of benzene rings is 1. The van der Waals surface area contributed by atoms with E-state index in [4.69, 9.17) is 0 Å². The van der Waals surface area contributed by atoms with E-state index in [1.165, 1.54) is 0 Å². The molecule has 0 aromatic heterocycles. The van der Waals surface area contributed by atoms with Crippen molar-refractivity contribution in [2.45, 2.75) is 12.8 Å². The van der Waals surface area contributed by atoms with Gasteiger partial charge in [-0.2, -0.15) is 0 Å². The normalized spacial score (nSPS) is 15.3. The smallest absolute Gasteiger partial charge is 0.230 e. The van der Waals surface area contributed by atoms with E-state index in [0.717, 1.165) is 18.5 Å². The topological polar surface area (TPSA) is 40.5 Å². The summed E-state index contributed by atoms with van der Waals surface area (Å²) in [5.41, 5.74) is 0.815. The highest BCUT2D eigenvalue weighted by molar-refractivity contribution is 5.95. The van der Waals surface area contributed by atoms with Crippen molar-refractivity contribution < 1.29 is 9.90 Å². The molecule has 1 N–H and O–H groups in total. The third kappa shape index (κ3) is 2.08. The van der Waals surface area contributed by atoms with E-state index >= 15 is 0 Å². The number of allylic oxidation sites excluding steroid dienone is 2. The van der Waals surface area contributed by atoms with Crippen LogP contribution in [0.5, 0.6) is 5.75 Å². The molecule has 84 valence electrons. The molecular weight excluding hydrogens is 202 g/mol. The number of amides is 1. The Hall–Kier alpha value is -1.77. The van der Waals surface area contributed by atoms with E-state index in [-0.39, 0.29) is 17.6 Å². The summed E-state index contributed by atoms with van der Waals surface area (Å²) in [6.07, 6.45) is 5.77. The van der Waals surface area contributed by atoms with Gasteiger partial charge < -0.3 is 10.0 Å². The van der Waals surface area contributed by atoms with Crippen LogP contribution in [0.15, 0.2) is 36.4 Å². The average Bonchev–Trinajstić information content (AvgIpc) is 2.81. The van der Waals surface area contributed by atoms with Crippen molar-refractivity contribution in [2.24, 2.45) is 5.92 Å². The first-order valence-corrected chi connectivity index (χ1v) is 5.40. The van der Waals surface area contributed by atoms with Gasteiger partial charge in [0.2, 0.25) is 5.91 Å². The number of phenolic OH excluding ortho intramolecular Hbond substituents is 1. The van der Waals surface area contributed by atoms with Crippen molar-refractivity contribution in [2.75, 3.05) is 11.9 Å². The van der Waals surface area contributed by atoms with Gasteiger partial charge in [0.25, 0.3) is 0 Å². The number of nitrogens with zero attached hydrogens (tertiary/aromatic N) is 1. The maximum atomic E-state index is 12.1. The zero-order valence-corrected chi connectivity index (χ0v) is 9.26. The van der Waals surface area contributed by atoms with Crippen LogP contribution in [-0.4, -0.2) is 18.1 Å². The Morgan fingerprint density at radius 1 is 1.25 bits per heavy atom. The maximum Gasteiger partial charge on any atom is 0.230 e. The second kappa shape index (κ2) is 4.39. The van der Waals surface area contributed by atoms with Crippen LogP contribution in [0.2, 0.25) is 0 Å². The number of rotatable bonds is 2. The molecule has 1 amide bonds. The molecule has 0 atom stereocenters. The molecule has 0 bridgehead atoms. The second-order valence-corrected chi connectivity index (χ2v) is 4.05. The average molecular weight is 217 g/mol. The number of anilines is 1. The van der Waals surface area contributed by atoms with Gasteiger partial charge in [-0.25, -0.2) is 0 Å². The minimum atomic E-state index is 0.0822. The fourth-order valence-corrected chi connectivity index (χ4v) is 1.90. The van der Waals surface area contributed by atoms with Crippen LogP contribution in [0.3, 0.4) is 0 Å². The van der Waals surface area contributed by atoms with Crippen molar-refractivity contribution in [1.82, 2.24) is 0 Å². The van der Waals surface area contributed by atoms with Crippen LogP contribution in [0.4, 0.5) is 5.69 Å². The molecule has 1 aliphatic rings. The van der Waals surface area contributed by atoms with Crippen molar-refractivity contribution in [1.29, 1.82) is 0 Å². The Morgan fingerprint density at radius 2 is 1.81 bits per heavy atom. The molecule has 3 heteroatoms. The first-order chi connectivity index (χ1) is 7.68. The van der Waals surface area contributed by atoms with Gasteiger partial charge in [0.1, 0.15) is 5.75 Å². The van der Waals surface area contributed by atoms with Gasteiger partial charge >= 0.3 is 0 Å². The molecule has 2 rings (SSSR count). The van der Waals surface area contributed by atoms with Gasteiger partial charge in [-0.15, -0.1) is 0 Å². The Labute approximate surface area is 95.0 Å². The van der Waals surface area contributed by atoms with E-state index in [9.17, 15) is 9.90 Å². The van der Waals surface area contributed by atoms with E-state index in [1.807, 2.05) is 12.2 Å². The fraction of sp³-hybridized carbons (Fsp3) is 0.308. The molecule has 0 saturated heterocycles. The Balaban J connectivity index is 2.09. The predicted molar refractivity (Wildman–Crippen MR) is 63.4 cm³/mol. The van der Waals surface area contributed by atoms with Crippen LogP contribution < -0.4 is 4.90 Å². The first kappa shape index (κ1) is 10.7. The molecule has 1 aromatic carbocycles. The highest BCUT2D eigenvalue weighted by Gasteiger charge is 2.23. The highest BCUT2D eigenvalue weighted by Crippen LogP contribution is 2.24. The molecule has 0 fully saturated rings. The SMILES string of the molecule is CN(C(=O)C1CC=CC1)c1ccc(O)cc1. The maximum absolute atomic E-state index is 12.1. The van der Waals surface area contributed by atoms with Gasteiger partial charge in [-0.1, -0.05) is 12.2 Å². The second-order valence-electron chi connectivity index (χ2n) is 4.05. The van der Waals surface area contributed by atoms with Crippen LogP contribution >= 0.6 is 0 Å². The third-order valence-corrected chi connectivity index (χ3v) is 2.92. The summed E-state index contributed by atoms with van der Waals surface area (Å²) < 4.78 is 0.